The molecule has 2 aliphatic rings. The highest BCUT2D eigenvalue weighted by molar-refractivity contribution is 8.02. The molecule has 0 bridgehead atoms. The molecule has 4 heteroatoms. The third-order valence-electron chi connectivity index (χ3n) is 2.98. The molecular formula is C12H12ClNS2. The van der Waals surface area contributed by atoms with Gasteiger partial charge in [-0.25, -0.2) is 0 Å². The van der Waals surface area contributed by atoms with Gasteiger partial charge in [-0.1, -0.05) is 36.0 Å². The molecule has 16 heavy (non-hydrogen) atoms. The summed E-state index contributed by atoms with van der Waals surface area (Å²) in [6.45, 7) is 0. The lowest BCUT2D eigenvalue weighted by Gasteiger charge is -2.25. The van der Waals surface area contributed by atoms with Crippen LogP contribution < -0.4 is 0 Å². The van der Waals surface area contributed by atoms with E-state index < -0.39 is 0 Å². The Morgan fingerprint density at radius 1 is 1.38 bits per heavy atom. The Hall–Kier alpha value is -0.250. The fraction of sp³-hybridized carbons (Fsp3) is 0.417. The monoisotopic (exact) mass is 269 g/mol. The van der Waals surface area contributed by atoms with Gasteiger partial charge in [0.05, 0.1) is 4.99 Å². The van der Waals surface area contributed by atoms with Crippen LogP contribution in [-0.2, 0) is 0 Å². The standard InChI is InChI=1S/C12H12ClNS2/c13-9-3-1-2-8(6-9)12-14(10-4-5-10)11(15)7-16-12/h1-3,6,10,12H,4-5,7H2. The number of rotatable bonds is 2. The van der Waals surface area contributed by atoms with Crippen LogP contribution in [0.4, 0.5) is 0 Å². The molecule has 0 amide bonds. The average molecular weight is 270 g/mol. The van der Waals surface area contributed by atoms with Gasteiger partial charge in [0.1, 0.15) is 5.37 Å². The maximum Gasteiger partial charge on any atom is 0.102 e. The first-order valence-electron chi connectivity index (χ1n) is 5.44. The number of benzene rings is 1. The van der Waals surface area contributed by atoms with Gasteiger partial charge in [0.2, 0.25) is 0 Å². The molecule has 1 aliphatic heterocycles. The van der Waals surface area contributed by atoms with E-state index in [4.69, 9.17) is 23.8 Å². The number of thioether (sulfide) groups is 1. The molecule has 1 aromatic rings. The maximum absolute atomic E-state index is 6.04. The van der Waals surface area contributed by atoms with Crippen molar-refractivity contribution in [1.82, 2.24) is 4.90 Å². The summed E-state index contributed by atoms with van der Waals surface area (Å²) in [7, 11) is 0. The van der Waals surface area contributed by atoms with Crippen LogP contribution in [0.2, 0.25) is 5.02 Å². The molecule has 3 rings (SSSR count). The van der Waals surface area contributed by atoms with Crippen LogP contribution in [0.25, 0.3) is 0 Å². The summed E-state index contributed by atoms with van der Waals surface area (Å²) in [5.41, 5.74) is 1.28. The van der Waals surface area contributed by atoms with Crippen LogP contribution in [0.1, 0.15) is 23.8 Å². The Kier molecular flexibility index (Phi) is 2.86. The molecule has 1 aliphatic carbocycles. The maximum atomic E-state index is 6.04. The first-order chi connectivity index (χ1) is 7.75. The Morgan fingerprint density at radius 3 is 2.88 bits per heavy atom. The summed E-state index contributed by atoms with van der Waals surface area (Å²) >= 11 is 13.4. The molecule has 0 spiro atoms. The van der Waals surface area contributed by atoms with Gasteiger partial charge >= 0.3 is 0 Å². The van der Waals surface area contributed by atoms with Crippen LogP contribution in [0, 0.1) is 0 Å². The highest BCUT2D eigenvalue weighted by Crippen LogP contribution is 2.45. The van der Waals surface area contributed by atoms with Crippen LogP contribution in [0.5, 0.6) is 0 Å². The Labute approximate surface area is 110 Å². The van der Waals surface area contributed by atoms with E-state index in [1.807, 2.05) is 23.9 Å². The molecule has 1 heterocycles. The van der Waals surface area contributed by atoms with Gasteiger partial charge in [-0.2, -0.15) is 0 Å². The van der Waals surface area contributed by atoms with Crippen LogP contribution in [0.15, 0.2) is 24.3 Å². The molecule has 1 saturated carbocycles. The lowest BCUT2D eigenvalue weighted by atomic mass is 10.2. The zero-order chi connectivity index (χ0) is 11.1. The second-order valence-electron chi connectivity index (χ2n) is 4.25. The SMILES string of the molecule is S=C1CSC(c2cccc(Cl)c2)N1C1CC1. The van der Waals surface area contributed by atoms with Crippen molar-refractivity contribution in [3.63, 3.8) is 0 Å². The minimum absolute atomic E-state index is 0.388. The van der Waals surface area contributed by atoms with Gasteiger partial charge in [-0.15, -0.1) is 11.8 Å². The number of thiocarbonyl (C=S) groups is 1. The third-order valence-corrected chi connectivity index (χ3v) is 5.01. The molecule has 0 N–H and O–H groups in total. The lowest BCUT2D eigenvalue weighted by molar-refractivity contribution is 0.408. The van der Waals surface area contributed by atoms with Crippen molar-refractivity contribution in [2.75, 3.05) is 5.75 Å². The molecular weight excluding hydrogens is 258 g/mol. The summed E-state index contributed by atoms with van der Waals surface area (Å²) in [5.74, 6) is 0.975. The van der Waals surface area contributed by atoms with Crippen molar-refractivity contribution >= 4 is 40.6 Å². The first kappa shape index (κ1) is 10.9. The van der Waals surface area contributed by atoms with Gasteiger partial charge in [0, 0.05) is 16.8 Å². The van der Waals surface area contributed by atoms with Crippen molar-refractivity contribution in [3.05, 3.63) is 34.9 Å². The fourth-order valence-corrected chi connectivity index (χ4v) is 4.07. The first-order valence-corrected chi connectivity index (χ1v) is 7.27. The number of nitrogens with zero attached hydrogens (tertiary/aromatic N) is 1. The van der Waals surface area contributed by atoms with Crippen LogP contribution >= 0.6 is 35.6 Å². The van der Waals surface area contributed by atoms with Crippen LogP contribution in [-0.4, -0.2) is 21.7 Å². The smallest absolute Gasteiger partial charge is 0.102 e. The minimum atomic E-state index is 0.388. The Bertz CT molecular complexity index is 431. The largest absolute Gasteiger partial charge is 0.346 e. The fourth-order valence-electron chi connectivity index (χ4n) is 2.10. The van der Waals surface area contributed by atoms with Crippen LogP contribution in [0.3, 0.4) is 0 Å². The van der Waals surface area contributed by atoms with Crippen molar-refractivity contribution < 1.29 is 0 Å². The van der Waals surface area contributed by atoms with Gasteiger partial charge in [0.15, 0.2) is 0 Å². The second-order valence-corrected chi connectivity index (χ2v) is 6.23. The van der Waals surface area contributed by atoms with Crippen molar-refractivity contribution in [1.29, 1.82) is 0 Å². The minimum Gasteiger partial charge on any atom is -0.346 e. The van der Waals surface area contributed by atoms with E-state index in [0.29, 0.717) is 11.4 Å². The van der Waals surface area contributed by atoms with E-state index in [-0.39, 0.29) is 0 Å². The average Bonchev–Trinajstić information content (AvgIpc) is 3.02. The van der Waals surface area contributed by atoms with Gasteiger partial charge < -0.3 is 4.90 Å². The van der Waals surface area contributed by atoms with E-state index in [1.54, 1.807) is 0 Å². The summed E-state index contributed by atoms with van der Waals surface area (Å²) in [5, 5.41) is 1.20. The van der Waals surface area contributed by atoms with E-state index in [9.17, 15) is 0 Å². The Morgan fingerprint density at radius 2 is 2.19 bits per heavy atom. The number of halogens is 1. The highest BCUT2D eigenvalue weighted by atomic mass is 35.5. The summed E-state index contributed by atoms with van der Waals surface area (Å²) in [6.07, 6.45) is 2.58. The zero-order valence-corrected chi connectivity index (χ0v) is 11.1. The van der Waals surface area contributed by atoms with E-state index in [2.05, 4.69) is 17.0 Å². The Balaban J connectivity index is 1.91. The number of hydrogen-bond acceptors (Lipinski definition) is 2. The second kappa shape index (κ2) is 4.21. The molecule has 0 radical (unpaired) electrons. The molecule has 0 aromatic heterocycles. The molecule has 1 aromatic carbocycles. The molecule has 1 nitrogen and oxygen atoms in total. The van der Waals surface area contributed by atoms with Gasteiger partial charge in [-0.3, -0.25) is 0 Å². The summed E-state index contributed by atoms with van der Waals surface area (Å²) in [4.78, 5) is 3.52. The summed E-state index contributed by atoms with van der Waals surface area (Å²) in [6, 6.07) is 8.83. The van der Waals surface area contributed by atoms with E-state index in [1.165, 1.54) is 18.4 Å². The predicted octanol–water partition coefficient (Wildman–Crippen LogP) is 3.88. The molecule has 1 unspecified atom stereocenters. The van der Waals surface area contributed by atoms with Crippen molar-refractivity contribution in [2.45, 2.75) is 24.3 Å². The predicted molar refractivity (Wildman–Crippen MR) is 74.1 cm³/mol. The normalized spacial score (nSPS) is 25.2. The van der Waals surface area contributed by atoms with Gasteiger partial charge in [0.25, 0.3) is 0 Å². The zero-order valence-electron chi connectivity index (χ0n) is 8.73. The molecule has 1 atom stereocenters. The third kappa shape index (κ3) is 1.96. The topological polar surface area (TPSA) is 3.24 Å². The van der Waals surface area contributed by atoms with E-state index >= 15 is 0 Å². The summed E-state index contributed by atoms with van der Waals surface area (Å²) < 4.78 is 0. The van der Waals surface area contributed by atoms with E-state index in [0.717, 1.165) is 15.8 Å². The van der Waals surface area contributed by atoms with Gasteiger partial charge in [-0.05, 0) is 30.5 Å². The molecule has 2 fully saturated rings. The quantitative estimate of drug-likeness (QED) is 0.751. The highest BCUT2D eigenvalue weighted by Gasteiger charge is 2.40. The van der Waals surface area contributed by atoms with Crippen molar-refractivity contribution in [3.8, 4) is 0 Å². The van der Waals surface area contributed by atoms with Crippen molar-refractivity contribution in [2.24, 2.45) is 0 Å². The molecule has 84 valence electrons. The number of hydrogen-bond donors (Lipinski definition) is 0. The lowest BCUT2D eigenvalue weighted by Crippen LogP contribution is -2.29. The molecule has 1 saturated heterocycles.